The number of unbranched alkanes of at least 4 members (excludes halogenated alkanes) is 3. The van der Waals surface area contributed by atoms with Gasteiger partial charge < -0.3 is 5.11 Å². The number of Topliss-reactive ketones (excluding diaryl/α,β-unsaturated/α-hetero) is 1. The molecule has 0 spiro atoms. The third kappa shape index (κ3) is 8.10. The summed E-state index contributed by atoms with van der Waals surface area (Å²) >= 11 is 1.67. The highest BCUT2D eigenvalue weighted by molar-refractivity contribution is 7.99. The average Bonchev–Trinajstić information content (AvgIpc) is 2.16. The maximum atomic E-state index is 10.7. The number of hydrogen-bond acceptors (Lipinski definition) is 3. The molecule has 0 aliphatic carbocycles. The van der Waals surface area contributed by atoms with Crippen LogP contribution in [-0.2, 0) is 9.59 Å². The fraction of sp³-hybridized carbons (Fsp3) is 0.800. The van der Waals surface area contributed by atoms with Crippen molar-refractivity contribution >= 4 is 23.5 Å². The van der Waals surface area contributed by atoms with Gasteiger partial charge >= 0.3 is 5.97 Å². The normalized spacial score (nSPS) is 10.1. The number of thioether (sulfide) groups is 1. The van der Waals surface area contributed by atoms with Crippen LogP contribution in [0.3, 0.4) is 0 Å². The molecule has 0 aromatic rings. The number of ketones is 1. The number of carboxylic acids is 1. The first kappa shape index (κ1) is 13.5. The van der Waals surface area contributed by atoms with Gasteiger partial charge in [0.2, 0.25) is 5.78 Å². The highest BCUT2D eigenvalue weighted by Crippen LogP contribution is 2.08. The summed E-state index contributed by atoms with van der Waals surface area (Å²) < 4.78 is 0. The van der Waals surface area contributed by atoms with Crippen molar-refractivity contribution in [2.45, 2.75) is 39.0 Å². The van der Waals surface area contributed by atoms with Crippen LogP contribution >= 0.6 is 11.8 Å². The van der Waals surface area contributed by atoms with Gasteiger partial charge in [0, 0.05) is 12.2 Å². The number of aliphatic carboxylic acids is 1. The Morgan fingerprint density at radius 2 is 1.86 bits per heavy atom. The first-order valence-electron chi connectivity index (χ1n) is 5.02. The molecule has 82 valence electrons. The first-order chi connectivity index (χ1) is 6.68. The topological polar surface area (TPSA) is 54.4 Å². The maximum absolute atomic E-state index is 10.7. The van der Waals surface area contributed by atoms with Crippen LogP contribution in [0.25, 0.3) is 0 Å². The molecule has 0 aromatic heterocycles. The summed E-state index contributed by atoms with van der Waals surface area (Å²) in [7, 11) is 0. The number of carbonyl (C=O) groups excluding carboxylic acids is 1. The quantitative estimate of drug-likeness (QED) is 0.477. The summed E-state index contributed by atoms with van der Waals surface area (Å²) in [5.74, 6) is -0.313. The zero-order valence-corrected chi connectivity index (χ0v) is 9.44. The van der Waals surface area contributed by atoms with E-state index < -0.39 is 11.8 Å². The van der Waals surface area contributed by atoms with E-state index >= 15 is 0 Å². The summed E-state index contributed by atoms with van der Waals surface area (Å²) in [5, 5.41) is 8.30. The Labute approximate surface area is 89.3 Å². The van der Waals surface area contributed by atoms with Crippen molar-refractivity contribution in [1.82, 2.24) is 0 Å². The molecule has 0 aliphatic rings. The molecule has 0 aliphatic heterocycles. The second-order valence-electron chi connectivity index (χ2n) is 3.15. The van der Waals surface area contributed by atoms with E-state index in [9.17, 15) is 9.59 Å². The molecule has 0 unspecified atom stereocenters. The predicted molar refractivity (Wildman–Crippen MR) is 58.7 cm³/mol. The minimum atomic E-state index is -1.31. The highest BCUT2D eigenvalue weighted by atomic mass is 32.2. The largest absolute Gasteiger partial charge is 0.476 e. The molecule has 0 aromatic carbocycles. The summed E-state index contributed by atoms with van der Waals surface area (Å²) in [6, 6.07) is 0. The highest BCUT2D eigenvalue weighted by Gasteiger charge is 2.09. The molecule has 0 saturated heterocycles. The van der Waals surface area contributed by atoms with Crippen molar-refractivity contribution in [3.05, 3.63) is 0 Å². The summed E-state index contributed by atoms with van der Waals surface area (Å²) in [5.41, 5.74) is 0. The molecule has 0 rings (SSSR count). The SMILES string of the molecule is CCCCCCSCCC(=O)C(=O)O. The van der Waals surface area contributed by atoms with E-state index in [0.29, 0.717) is 5.75 Å². The molecule has 0 atom stereocenters. The van der Waals surface area contributed by atoms with Crippen LogP contribution in [-0.4, -0.2) is 28.4 Å². The van der Waals surface area contributed by atoms with Crippen molar-refractivity contribution < 1.29 is 14.7 Å². The number of carbonyl (C=O) groups is 2. The van der Waals surface area contributed by atoms with E-state index in [0.717, 1.165) is 5.75 Å². The lowest BCUT2D eigenvalue weighted by Crippen LogP contribution is -2.12. The van der Waals surface area contributed by atoms with Crippen LogP contribution in [0.4, 0.5) is 0 Å². The lowest BCUT2D eigenvalue weighted by molar-refractivity contribution is -0.148. The molecule has 4 heteroatoms. The zero-order chi connectivity index (χ0) is 10.8. The van der Waals surface area contributed by atoms with E-state index in [2.05, 4.69) is 6.92 Å². The molecule has 0 amide bonds. The molecule has 0 radical (unpaired) electrons. The molecule has 3 nitrogen and oxygen atoms in total. The fourth-order valence-electron chi connectivity index (χ4n) is 1.00. The van der Waals surface area contributed by atoms with Crippen LogP contribution in [0.15, 0.2) is 0 Å². The van der Waals surface area contributed by atoms with Crippen LogP contribution in [0.5, 0.6) is 0 Å². The van der Waals surface area contributed by atoms with Crippen LogP contribution in [0.2, 0.25) is 0 Å². The van der Waals surface area contributed by atoms with Crippen molar-refractivity contribution in [3.63, 3.8) is 0 Å². The molecule has 0 heterocycles. The molecular formula is C10H18O3S. The Balaban J connectivity index is 3.13. The number of rotatable bonds is 9. The van der Waals surface area contributed by atoms with Gasteiger partial charge in [-0.15, -0.1) is 0 Å². The van der Waals surface area contributed by atoms with Gasteiger partial charge in [-0.25, -0.2) is 4.79 Å². The van der Waals surface area contributed by atoms with Gasteiger partial charge in [0.05, 0.1) is 0 Å². The third-order valence-corrected chi connectivity index (χ3v) is 2.92. The van der Waals surface area contributed by atoms with Gasteiger partial charge in [-0.05, 0) is 12.2 Å². The van der Waals surface area contributed by atoms with Gasteiger partial charge in [-0.3, -0.25) is 4.79 Å². The zero-order valence-electron chi connectivity index (χ0n) is 8.62. The second-order valence-corrected chi connectivity index (χ2v) is 4.38. The van der Waals surface area contributed by atoms with Gasteiger partial charge in [0.1, 0.15) is 0 Å². The second kappa shape index (κ2) is 9.06. The monoisotopic (exact) mass is 218 g/mol. The summed E-state index contributed by atoms with van der Waals surface area (Å²) in [6.07, 6.45) is 5.04. The summed E-state index contributed by atoms with van der Waals surface area (Å²) in [6.45, 7) is 2.17. The molecule has 1 N–H and O–H groups in total. The van der Waals surface area contributed by atoms with Crippen LogP contribution in [0.1, 0.15) is 39.0 Å². The molecule has 14 heavy (non-hydrogen) atoms. The smallest absolute Gasteiger partial charge is 0.372 e. The molecule has 0 saturated carbocycles. The minimum absolute atomic E-state index is 0.160. The van der Waals surface area contributed by atoms with Crippen LogP contribution < -0.4 is 0 Å². The first-order valence-corrected chi connectivity index (χ1v) is 6.17. The maximum Gasteiger partial charge on any atom is 0.372 e. The molecule has 0 fully saturated rings. The van der Waals surface area contributed by atoms with Crippen molar-refractivity contribution in [2.24, 2.45) is 0 Å². The fourth-order valence-corrected chi connectivity index (χ4v) is 1.95. The third-order valence-electron chi connectivity index (χ3n) is 1.85. The van der Waals surface area contributed by atoms with E-state index in [1.54, 1.807) is 11.8 Å². The molecular weight excluding hydrogens is 200 g/mol. The van der Waals surface area contributed by atoms with Crippen LogP contribution in [0, 0.1) is 0 Å². The Bertz CT molecular complexity index is 180. The lowest BCUT2D eigenvalue weighted by Gasteiger charge is -1.99. The van der Waals surface area contributed by atoms with Crippen molar-refractivity contribution in [2.75, 3.05) is 11.5 Å². The van der Waals surface area contributed by atoms with E-state index in [-0.39, 0.29) is 6.42 Å². The predicted octanol–water partition coefficient (Wildman–Crippen LogP) is 2.34. The van der Waals surface area contributed by atoms with E-state index in [1.807, 2.05) is 0 Å². The Morgan fingerprint density at radius 3 is 2.43 bits per heavy atom. The van der Waals surface area contributed by atoms with E-state index in [4.69, 9.17) is 5.11 Å². The Hall–Kier alpha value is -0.510. The standard InChI is InChI=1S/C10H18O3S/c1-2-3-4-5-7-14-8-6-9(11)10(12)13/h2-8H2,1H3,(H,12,13). The van der Waals surface area contributed by atoms with Gasteiger partial charge in [0.15, 0.2) is 0 Å². The van der Waals surface area contributed by atoms with Gasteiger partial charge in [0.25, 0.3) is 0 Å². The lowest BCUT2D eigenvalue weighted by atomic mass is 10.2. The Morgan fingerprint density at radius 1 is 1.14 bits per heavy atom. The van der Waals surface area contributed by atoms with Crippen molar-refractivity contribution in [1.29, 1.82) is 0 Å². The van der Waals surface area contributed by atoms with E-state index in [1.165, 1.54) is 25.7 Å². The molecule has 0 bridgehead atoms. The minimum Gasteiger partial charge on any atom is -0.476 e. The Kier molecular flexibility index (Phi) is 8.73. The number of hydrogen-bond donors (Lipinski definition) is 1. The van der Waals surface area contributed by atoms with Gasteiger partial charge in [-0.1, -0.05) is 26.2 Å². The summed E-state index contributed by atoms with van der Waals surface area (Å²) in [4.78, 5) is 20.8. The average molecular weight is 218 g/mol. The van der Waals surface area contributed by atoms with Gasteiger partial charge in [-0.2, -0.15) is 11.8 Å². The van der Waals surface area contributed by atoms with Crippen molar-refractivity contribution in [3.8, 4) is 0 Å². The number of carboxylic acid groups (broad SMARTS) is 1.